The molecule has 2 fully saturated rings. The quantitative estimate of drug-likeness (QED) is 0.862. The van der Waals surface area contributed by atoms with Crippen LogP contribution in [0.15, 0.2) is 18.2 Å². The van der Waals surface area contributed by atoms with Crippen molar-refractivity contribution in [3.05, 3.63) is 23.8 Å². The van der Waals surface area contributed by atoms with Crippen molar-refractivity contribution in [2.45, 2.75) is 46.6 Å². The summed E-state index contributed by atoms with van der Waals surface area (Å²) in [5.74, 6) is 0.965. The average Bonchev–Trinajstić information content (AvgIpc) is 2.69. The summed E-state index contributed by atoms with van der Waals surface area (Å²) in [6, 6.07) is 6.40. The number of nitrogens with zero attached hydrogens (tertiary/aromatic N) is 3. The molecule has 1 atom stereocenters. The van der Waals surface area contributed by atoms with E-state index < -0.39 is 0 Å². The lowest BCUT2D eigenvalue weighted by atomic mass is 9.99. The zero-order chi connectivity index (χ0) is 19.4. The predicted octanol–water partition coefficient (Wildman–Crippen LogP) is 3.20. The molecule has 0 radical (unpaired) electrons. The average molecular weight is 373 g/mol. The number of carbonyl (C=O) groups is 1. The maximum Gasteiger partial charge on any atom is 0.244 e. The van der Waals surface area contributed by atoms with Crippen LogP contribution in [0, 0.1) is 12.8 Å². The van der Waals surface area contributed by atoms with Crippen LogP contribution < -0.4 is 10.2 Å². The highest BCUT2D eigenvalue weighted by Crippen LogP contribution is 2.25. The van der Waals surface area contributed by atoms with E-state index in [4.69, 9.17) is 0 Å². The third-order valence-corrected chi connectivity index (χ3v) is 6.23. The number of anilines is 2. The summed E-state index contributed by atoms with van der Waals surface area (Å²) < 4.78 is 0. The SMILES string of the molecule is CCN1CCN(c2ccc(NC(C)C(=O)N3CCC(C)CC3)c(C)c2)CC1. The Kier molecular flexibility index (Phi) is 6.64. The van der Waals surface area contributed by atoms with E-state index in [1.54, 1.807) is 0 Å². The van der Waals surface area contributed by atoms with E-state index in [-0.39, 0.29) is 11.9 Å². The summed E-state index contributed by atoms with van der Waals surface area (Å²) in [5.41, 5.74) is 3.56. The minimum Gasteiger partial charge on any atom is -0.374 e. The summed E-state index contributed by atoms with van der Waals surface area (Å²) in [4.78, 5) is 19.7. The molecule has 5 nitrogen and oxygen atoms in total. The Morgan fingerprint density at radius 2 is 1.81 bits per heavy atom. The molecule has 2 saturated heterocycles. The van der Waals surface area contributed by atoms with Gasteiger partial charge < -0.3 is 20.0 Å². The molecule has 2 aliphatic rings. The summed E-state index contributed by atoms with van der Waals surface area (Å²) in [7, 11) is 0. The van der Waals surface area contributed by atoms with Gasteiger partial charge in [-0.3, -0.25) is 4.79 Å². The van der Waals surface area contributed by atoms with Crippen LogP contribution >= 0.6 is 0 Å². The Balaban J connectivity index is 1.58. The van der Waals surface area contributed by atoms with Crippen LogP contribution in [-0.2, 0) is 4.79 Å². The molecule has 1 amide bonds. The van der Waals surface area contributed by atoms with Gasteiger partial charge in [-0.25, -0.2) is 0 Å². The molecule has 1 N–H and O–H groups in total. The van der Waals surface area contributed by atoms with Crippen molar-refractivity contribution < 1.29 is 4.79 Å². The van der Waals surface area contributed by atoms with Gasteiger partial charge in [-0.15, -0.1) is 0 Å². The van der Waals surface area contributed by atoms with Crippen LogP contribution in [0.3, 0.4) is 0 Å². The first-order chi connectivity index (χ1) is 13.0. The molecule has 150 valence electrons. The fourth-order valence-electron chi connectivity index (χ4n) is 4.13. The van der Waals surface area contributed by atoms with Crippen molar-refractivity contribution in [2.24, 2.45) is 5.92 Å². The molecule has 0 bridgehead atoms. The summed E-state index contributed by atoms with van der Waals surface area (Å²) in [5, 5.41) is 3.45. The van der Waals surface area contributed by atoms with Crippen molar-refractivity contribution >= 4 is 17.3 Å². The first-order valence-electron chi connectivity index (χ1n) is 10.6. The lowest BCUT2D eigenvalue weighted by Crippen LogP contribution is -2.46. The van der Waals surface area contributed by atoms with Crippen LogP contribution in [-0.4, -0.2) is 67.6 Å². The highest BCUT2D eigenvalue weighted by Gasteiger charge is 2.24. The summed E-state index contributed by atoms with van der Waals surface area (Å²) in [6.07, 6.45) is 2.24. The molecule has 1 unspecified atom stereocenters. The van der Waals surface area contributed by atoms with Gasteiger partial charge in [0.1, 0.15) is 6.04 Å². The van der Waals surface area contributed by atoms with Crippen molar-refractivity contribution in [3.8, 4) is 0 Å². The maximum absolute atomic E-state index is 12.7. The number of amides is 1. The number of nitrogens with one attached hydrogen (secondary N) is 1. The largest absolute Gasteiger partial charge is 0.374 e. The Morgan fingerprint density at radius 1 is 1.15 bits per heavy atom. The molecule has 3 rings (SSSR count). The normalized spacial score (nSPS) is 20.6. The predicted molar refractivity (Wildman–Crippen MR) is 114 cm³/mol. The molecule has 0 aliphatic carbocycles. The van der Waals surface area contributed by atoms with Gasteiger partial charge in [0.15, 0.2) is 0 Å². The van der Waals surface area contributed by atoms with Gasteiger partial charge in [-0.05, 0) is 62.9 Å². The molecule has 0 saturated carbocycles. The lowest BCUT2D eigenvalue weighted by Gasteiger charge is -2.36. The van der Waals surface area contributed by atoms with Crippen LogP contribution in [0.4, 0.5) is 11.4 Å². The number of piperidine rings is 1. The van der Waals surface area contributed by atoms with Gasteiger partial charge >= 0.3 is 0 Å². The second-order valence-electron chi connectivity index (χ2n) is 8.29. The molecule has 0 spiro atoms. The Hall–Kier alpha value is -1.75. The Bertz CT molecular complexity index is 631. The van der Waals surface area contributed by atoms with Gasteiger partial charge in [0, 0.05) is 50.6 Å². The number of piperazine rings is 1. The molecule has 27 heavy (non-hydrogen) atoms. The number of hydrogen-bond donors (Lipinski definition) is 1. The minimum absolute atomic E-state index is 0.184. The molecular formula is C22H36N4O. The molecule has 1 aromatic rings. The standard InChI is InChI=1S/C22H36N4O/c1-5-24-12-14-25(15-13-24)20-6-7-21(18(3)16-20)23-19(4)22(27)26-10-8-17(2)9-11-26/h6-7,16-17,19,23H,5,8-15H2,1-4H3. The van der Waals surface area contributed by atoms with Gasteiger partial charge in [0.05, 0.1) is 0 Å². The highest BCUT2D eigenvalue weighted by molar-refractivity contribution is 5.84. The molecule has 2 aliphatic heterocycles. The molecular weight excluding hydrogens is 336 g/mol. The van der Waals surface area contributed by atoms with Gasteiger partial charge in [0.2, 0.25) is 5.91 Å². The fourth-order valence-corrected chi connectivity index (χ4v) is 4.13. The third kappa shape index (κ3) is 4.95. The number of benzene rings is 1. The summed E-state index contributed by atoms with van der Waals surface area (Å²) in [6.45, 7) is 16.0. The number of rotatable bonds is 5. The van der Waals surface area contributed by atoms with Crippen molar-refractivity contribution in [1.29, 1.82) is 0 Å². The number of likely N-dealkylation sites (N-methyl/N-ethyl adjacent to an activating group) is 1. The molecule has 1 aromatic carbocycles. The zero-order valence-electron chi connectivity index (χ0n) is 17.5. The molecule has 2 heterocycles. The first-order valence-corrected chi connectivity index (χ1v) is 10.6. The van der Waals surface area contributed by atoms with Crippen molar-refractivity contribution in [3.63, 3.8) is 0 Å². The maximum atomic E-state index is 12.7. The molecule has 0 aromatic heterocycles. The van der Waals surface area contributed by atoms with Crippen LogP contribution in [0.2, 0.25) is 0 Å². The Labute approximate surface area is 164 Å². The smallest absolute Gasteiger partial charge is 0.244 e. The van der Waals surface area contributed by atoms with Crippen LogP contribution in [0.25, 0.3) is 0 Å². The highest BCUT2D eigenvalue weighted by atomic mass is 16.2. The number of carbonyl (C=O) groups excluding carboxylic acids is 1. The lowest BCUT2D eigenvalue weighted by molar-refractivity contribution is -0.132. The van der Waals surface area contributed by atoms with Crippen LogP contribution in [0.1, 0.15) is 39.2 Å². The Morgan fingerprint density at radius 3 is 2.41 bits per heavy atom. The number of hydrogen-bond acceptors (Lipinski definition) is 4. The monoisotopic (exact) mass is 372 g/mol. The van der Waals surface area contributed by atoms with E-state index >= 15 is 0 Å². The second kappa shape index (κ2) is 8.96. The fraction of sp³-hybridized carbons (Fsp3) is 0.682. The van der Waals surface area contributed by atoms with E-state index in [0.29, 0.717) is 0 Å². The van der Waals surface area contributed by atoms with E-state index in [2.05, 4.69) is 54.1 Å². The van der Waals surface area contributed by atoms with E-state index in [0.717, 1.165) is 70.3 Å². The topological polar surface area (TPSA) is 38.8 Å². The van der Waals surface area contributed by atoms with Gasteiger partial charge in [-0.1, -0.05) is 13.8 Å². The van der Waals surface area contributed by atoms with E-state index in [9.17, 15) is 4.79 Å². The van der Waals surface area contributed by atoms with Crippen LogP contribution in [0.5, 0.6) is 0 Å². The molecule has 5 heteroatoms. The van der Waals surface area contributed by atoms with E-state index in [1.165, 1.54) is 11.3 Å². The number of aryl methyl sites for hydroxylation is 1. The van der Waals surface area contributed by atoms with Gasteiger partial charge in [0.25, 0.3) is 0 Å². The zero-order valence-corrected chi connectivity index (χ0v) is 17.5. The third-order valence-electron chi connectivity index (χ3n) is 6.23. The van der Waals surface area contributed by atoms with E-state index in [1.807, 2.05) is 11.8 Å². The van der Waals surface area contributed by atoms with Gasteiger partial charge in [-0.2, -0.15) is 0 Å². The number of likely N-dealkylation sites (tertiary alicyclic amines) is 1. The van der Waals surface area contributed by atoms with Crippen molar-refractivity contribution in [1.82, 2.24) is 9.80 Å². The van der Waals surface area contributed by atoms with Crippen molar-refractivity contribution in [2.75, 3.05) is 56.0 Å². The second-order valence-corrected chi connectivity index (χ2v) is 8.29. The first kappa shape index (κ1) is 20.0. The summed E-state index contributed by atoms with van der Waals surface area (Å²) >= 11 is 0. The minimum atomic E-state index is -0.184.